The van der Waals surface area contributed by atoms with Crippen molar-refractivity contribution in [2.45, 2.75) is 6.04 Å². The van der Waals surface area contributed by atoms with Gasteiger partial charge in [0.25, 0.3) is 0 Å². The predicted octanol–water partition coefficient (Wildman–Crippen LogP) is 1.26. The number of anilines is 1. The minimum absolute atomic E-state index is 0.345. The molecule has 1 amide bonds. The molecule has 0 spiro atoms. The number of nitrogens with one attached hydrogen (secondary N) is 2. The van der Waals surface area contributed by atoms with Gasteiger partial charge in [-0.2, -0.15) is 0 Å². The highest BCUT2D eigenvalue weighted by Crippen LogP contribution is 2.20. The summed E-state index contributed by atoms with van der Waals surface area (Å²) in [6, 6.07) is 0.742. The zero-order chi connectivity index (χ0) is 14.0. The topological polar surface area (TPSA) is 78.4 Å². The van der Waals surface area contributed by atoms with E-state index in [1.54, 1.807) is 0 Å². The van der Waals surface area contributed by atoms with Crippen LogP contribution in [0.4, 0.5) is 14.5 Å². The van der Waals surface area contributed by atoms with Crippen molar-refractivity contribution in [1.29, 1.82) is 0 Å². The van der Waals surface area contributed by atoms with Crippen molar-refractivity contribution >= 4 is 29.3 Å². The molecule has 1 aliphatic rings. The minimum atomic E-state index is -1.53. The lowest BCUT2D eigenvalue weighted by molar-refractivity contribution is -0.117. The van der Waals surface area contributed by atoms with Crippen LogP contribution in [0.5, 0.6) is 0 Å². The molecular weight excluding hydrogens is 278 g/mol. The van der Waals surface area contributed by atoms with E-state index in [4.69, 9.17) is 5.11 Å². The Morgan fingerprint density at radius 1 is 1.37 bits per heavy atom. The van der Waals surface area contributed by atoms with E-state index in [1.807, 2.05) is 0 Å². The Balaban J connectivity index is 2.21. The molecule has 0 aliphatic carbocycles. The number of rotatable bonds is 3. The summed E-state index contributed by atoms with van der Waals surface area (Å²) in [5, 5.41) is 13.9. The van der Waals surface area contributed by atoms with Crippen LogP contribution in [0.15, 0.2) is 12.1 Å². The Hall–Kier alpha value is -1.67. The zero-order valence-corrected chi connectivity index (χ0v) is 10.4. The third-order valence-corrected chi connectivity index (χ3v) is 3.52. The molecule has 19 heavy (non-hydrogen) atoms. The van der Waals surface area contributed by atoms with Crippen LogP contribution >= 0.6 is 11.8 Å². The Morgan fingerprint density at radius 3 is 2.68 bits per heavy atom. The minimum Gasteiger partial charge on any atom is -0.478 e. The number of halogens is 2. The Morgan fingerprint density at radius 2 is 2.11 bits per heavy atom. The van der Waals surface area contributed by atoms with Crippen molar-refractivity contribution in [2.24, 2.45) is 0 Å². The first-order valence-electron chi connectivity index (χ1n) is 5.33. The molecule has 102 valence electrons. The molecule has 1 aromatic rings. The first kappa shape index (κ1) is 13.8. The van der Waals surface area contributed by atoms with Gasteiger partial charge < -0.3 is 10.4 Å². The molecule has 3 N–H and O–H groups in total. The smallest absolute Gasteiger partial charge is 0.338 e. The van der Waals surface area contributed by atoms with E-state index >= 15 is 0 Å². The van der Waals surface area contributed by atoms with Crippen LogP contribution in [0.2, 0.25) is 0 Å². The van der Waals surface area contributed by atoms with Crippen molar-refractivity contribution in [3.05, 3.63) is 29.3 Å². The lowest BCUT2D eigenvalue weighted by atomic mass is 10.1. The van der Waals surface area contributed by atoms with Crippen molar-refractivity contribution in [3.63, 3.8) is 0 Å². The van der Waals surface area contributed by atoms with Crippen LogP contribution in [-0.4, -0.2) is 34.7 Å². The highest BCUT2D eigenvalue weighted by molar-refractivity contribution is 7.99. The fraction of sp³-hybridized carbons (Fsp3) is 0.273. The van der Waals surface area contributed by atoms with Gasteiger partial charge in [-0.3, -0.25) is 10.1 Å². The lowest BCUT2D eigenvalue weighted by Gasteiger charge is -2.12. The number of aromatic carboxylic acids is 1. The number of carbonyl (C=O) groups excluding carboxylic acids is 1. The van der Waals surface area contributed by atoms with Crippen molar-refractivity contribution in [1.82, 2.24) is 5.32 Å². The van der Waals surface area contributed by atoms with Crippen LogP contribution in [0, 0.1) is 11.6 Å². The lowest BCUT2D eigenvalue weighted by Crippen LogP contribution is -2.37. The Labute approximate surface area is 111 Å². The van der Waals surface area contributed by atoms with Gasteiger partial charge in [-0.1, -0.05) is 0 Å². The maximum Gasteiger partial charge on any atom is 0.338 e. The van der Waals surface area contributed by atoms with Crippen molar-refractivity contribution in [2.75, 3.05) is 16.9 Å². The van der Waals surface area contributed by atoms with Gasteiger partial charge in [0, 0.05) is 17.7 Å². The normalized spacial score (nSPS) is 18.3. The maximum atomic E-state index is 13.5. The molecule has 0 saturated carbocycles. The summed E-state index contributed by atoms with van der Waals surface area (Å²) in [6.07, 6.45) is 0. The number of benzene rings is 1. The standard InChI is InChI=1S/C11H10F2N2O3S/c12-6-2-7(13)8(1-5(6)11(17)18)15-10(16)9-3-19-4-14-9/h1-2,9,14H,3-4H2,(H,15,16)(H,17,18). The van der Waals surface area contributed by atoms with Gasteiger partial charge in [-0.05, 0) is 6.07 Å². The monoisotopic (exact) mass is 288 g/mol. The van der Waals surface area contributed by atoms with E-state index < -0.39 is 35.1 Å². The summed E-state index contributed by atoms with van der Waals surface area (Å²) in [5.41, 5.74) is -1.03. The van der Waals surface area contributed by atoms with Gasteiger partial charge in [0.1, 0.15) is 11.6 Å². The molecule has 0 radical (unpaired) electrons. The molecule has 5 nitrogen and oxygen atoms in total. The van der Waals surface area contributed by atoms with E-state index in [-0.39, 0.29) is 5.69 Å². The molecule has 1 fully saturated rings. The van der Waals surface area contributed by atoms with Gasteiger partial charge in [-0.15, -0.1) is 11.8 Å². The van der Waals surface area contributed by atoms with Gasteiger partial charge in [-0.25, -0.2) is 13.6 Å². The number of carboxylic acids is 1. The second-order valence-electron chi connectivity index (χ2n) is 3.88. The SMILES string of the molecule is O=C(O)c1cc(NC(=O)C2CSCN2)c(F)cc1F. The van der Waals surface area contributed by atoms with E-state index in [0.29, 0.717) is 17.7 Å². The fourth-order valence-electron chi connectivity index (χ4n) is 1.59. The quantitative estimate of drug-likeness (QED) is 0.780. The number of amides is 1. The summed E-state index contributed by atoms with van der Waals surface area (Å²) < 4.78 is 26.6. The Kier molecular flexibility index (Phi) is 4.01. The zero-order valence-electron chi connectivity index (χ0n) is 9.57. The molecule has 1 aromatic carbocycles. The molecule has 8 heteroatoms. The van der Waals surface area contributed by atoms with Gasteiger partial charge >= 0.3 is 5.97 Å². The third kappa shape index (κ3) is 3.02. The van der Waals surface area contributed by atoms with Crippen LogP contribution in [0.1, 0.15) is 10.4 Å². The number of hydrogen-bond donors (Lipinski definition) is 3. The van der Waals surface area contributed by atoms with E-state index in [2.05, 4.69) is 10.6 Å². The second-order valence-corrected chi connectivity index (χ2v) is 4.91. The molecule has 1 atom stereocenters. The van der Waals surface area contributed by atoms with Crippen LogP contribution < -0.4 is 10.6 Å². The molecule has 0 bridgehead atoms. The summed E-state index contributed by atoms with van der Waals surface area (Å²) in [6.45, 7) is 0. The van der Waals surface area contributed by atoms with Gasteiger partial charge in [0.05, 0.1) is 17.3 Å². The number of carboxylic acid groups (broad SMARTS) is 1. The molecular formula is C11H10F2N2O3S. The average molecular weight is 288 g/mol. The molecule has 1 saturated heterocycles. The third-order valence-electron chi connectivity index (χ3n) is 2.58. The summed E-state index contributed by atoms with van der Waals surface area (Å²) in [4.78, 5) is 22.5. The van der Waals surface area contributed by atoms with E-state index in [9.17, 15) is 18.4 Å². The first-order valence-corrected chi connectivity index (χ1v) is 6.49. The van der Waals surface area contributed by atoms with Crippen molar-refractivity contribution in [3.8, 4) is 0 Å². The largest absolute Gasteiger partial charge is 0.478 e. The molecule has 1 heterocycles. The number of thioether (sulfide) groups is 1. The summed E-state index contributed by atoms with van der Waals surface area (Å²) >= 11 is 1.52. The highest BCUT2D eigenvalue weighted by atomic mass is 32.2. The molecule has 1 aliphatic heterocycles. The van der Waals surface area contributed by atoms with Crippen LogP contribution in [0.25, 0.3) is 0 Å². The highest BCUT2D eigenvalue weighted by Gasteiger charge is 2.24. The first-order chi connectivity index (χ1) is 8.99. The molecule has 1 unspecified atom stereocenters. The van der Waals surface area contributed by atoms with Crippen molar-refractivity contribution < 1.29 is 23.5 Å². The second kappa shape index (κ2) is 5.54. The number of hydrogen-bond acceptors (Lipinski definition) is 4. The maximum absolute atomic E-state index is 13.5. The fourth-order valence-corrected chi connectivity index (χ4v) is 2.53. The van der Waals surface area contributed by atoms with Crippen LogP contribution in [0.3, 0.4) is 0 Å². The van der Waals surface area contributed by atoms with Gasteiger partial charge in [0.2, 0.25) is 5.91 Å². The number of carbonyl (C=O) groups is 2. The summed E-state index contributed by atoms with van der Waals surface area (Å²) in [7, 11) is 0. The Bertz CT molecular complexity index is 533. The van der Waals surface area contributed by atoms with Crippen LogP contribution in [-0.2, 0) is 4.79 Å². The van der Waals surface area contributed by atoms with Gasteiger partial charge in [0.15, 0.2) is 0 Å². The van der Waals surface area contributed by atoms with E-state index in [0.717, 1.165) is 6.07 Å². The predicted molar refractivity (Wildman–Crippen MR) is 66.2 cm³/mol. The molecule has 2 rings (SSSR count). The average Bonchev–Trinajstić information content (AvgIpc) is 2.85. The molecule has 0 aromatic heterocycles. The van der Waals surface area contributed by atoms with E-state index in [1.165, 1.54) is 11.8 Å². The summed E-state index contributed by atoms with van der Waals surface area (Å²) in [5.74, 6) is -3.04.